The van der Waals surface area contributed by atoms with E-state index >= 15 is 0 Å². The summed E-state index contributed by atoms with van der Waals surface area (Å²) in [4.78, 5) is 32.4. The molecule has 0 saturated heterocycles. The first-order valence-electron chi connectivity index (χ1n) is 6.50. The van der Waals surface area contributed by atoms with E-state index in [0.717, 1.165) is 12.1 Å². The molecule has 0 aromatic heterocycles. The monoisotopic (exact) mass is 334 g/mol. The number of nitro benzene ring substituents is 2. The molecule has 2 rings (SSSR count). The molecule has 0 aliphatic rings. The van der Waals surface area contributed by atoms with Crippen molar-refractivity contribution in [2.75, 3.05) is 11.1 Å². The predicted molar refractivity (Wildman–Crippen MR) is 83.3 cm³/mol. The SMILES string of the molecule is Cc1ccc(NC(=O)c2cc(F)cc([N+](=O)[O-])c2N)cc1[N+](=O)[O-]. The lowest BCUT2D eigenvalue weighted by atomic mass is 10.1. The number of hydrogen-bond acceptors (Lipinski definition) is 6. The van der Waals surface area contributed by atoms with Crippen molar-refractivity contribution in [2.24, 2.45) is 0 Å². The zero-order chi connectivity index (χ0) is 18.0. The molecule has 2 aromatic rings. The van der Waals surface area contributed by atoms with Crippen molar-refractivity contribution >= 4 is 28.7 Å². The van der Waals surface area contributed by atoms with Gasteiger partial charge in [0.25, 0.3) is 17.3 Å². The van der Waals surface area contributed by atoms with Gasteiger partial charge in [0, 0.05) is 17.3 Å². The van der Waals surface area contributed by atoms with Crippen LogP contribution in [0.25, 0.3) is 0 Å². The smallest absolute Gasteiger partial charge is 0.295 e. The quantitative estimate of drug-likeness (QED) is 0.500. The van der Waals surface area contributed by atoms with E-state index in [9.17, 15) is 29.4 Å². The number of aryl methyl sites for hydroxylation is 1. The van der Waals surface area contributed by atoms with Crippen molar-refractivity contribution in [2.45, 2.75) is 6.92 Å². The summed E-state index contributed by atoms with van der Waals surface area (Å²) in [5, 5.41) is 24.0. The maximum absolute atomic E-state index is 13.5. The number of benzene rings is 2. The number of carbonyl (C=O) groups excluding carboxylic acids is 1. The van der Waals surface area contributed by atoms with E-state index in [1.807, 2.05) is 0 Å². The number of hydrogen-bond donors (Lipinski definition) is 2. The molecule has 1 amide bonds. The fraction of sp³-hybridized carbons (Fsp3) is 0.0714. The maximum Gasteiger partial charge on any atom is 0.295 e. The summed E-state index contributed by atoms with van der Waals surface area (Å²) in [7, 11) is 0. The number of nitrogens with two attached hydrogens (primary N) is 1. The Balaban J connectivity index is 2.39. The highest BCUT2D eigenvalue weighted by Gasteiger charge is 2.22. The third-order valence-electron chi connectivity index (χ3n) is 3.23. The average Bonchev–Trinajstić information content (AvgIpc) is 2.50. The molecule has 10 heteroatoms. The van der Waals surface area contributed by atoms with Crippen LogP contribution in [0.2, 0.25) is 0 Å². The molecule has 0 radical (unpaired) electrons. The Morgan fingerprint density at radius 2 is 1.75 bits per heavy atom. The van der Waals surface area contributed by atoms with Crippen molar-refractivity contribution in [1.82, 2.24) is 0 Å². The van der Waals surface area contributed by atoms with Crippen LogP contribution in [0, 0.1) is 33.0 Å². The lowest BCUT2D eigenvalue weighted by Gasteiger charge is -2.09. The number of nitro groups is 2. The minimum Gasteiger partial charge on any atom is -0.393 e. The van der Waals surface area contributed by atoms with E-state index in [0.29, 0.717) is 11.6 Å². The Bertz CT molecular complexity index is 868. The number of carbonyl (C=O) groups is 1. The summed E-state index contributed by atoms with van der Waals surface area (Å²) in [6.45, 7) is 1.53. The van der Waals surface area contributed by atoms with Crippen LogP contribution in [0.1, 0.15) is 15.9 Å². The van der Waals surface area contributed by atoms with Crippen LogP contribution in [0.4, 0.5) is 27.1 Å². The fourth-order valence-electron chi connectivity index (χ4n) is 2.02. The zero-order valence-corrected chi connectivity index (χ0v) is 12.3. The summed E-state index contributed by atoms with van der Waals surface area (Å²) < 4.78 is 13.5. The number of amides is 1. The van der Waals surface area contributed by atoms with Gasteiger partial charge < -0.3 is 11.1 Å². The molecular formula is C14H11FN4O5. The largest absolute Gasteiger partial charge is 0.393 e. The Morgan fingerprint density at radius 3 is 2.33 bits per heavy atom. The number of nitrogens with zero attached hydrogens (tertiary/aromatic N) is 2. The number of halogens is 1. The van der Waals surface area contributed by atoms with Crippen LogP contribution in [0.5, 0.6) is 0 Å². The molecule has 0 bridgehead atoms. The van der Waals surface area contributed by atoms with Crippen molar-refractivity contribution < 1.29 is 19.0 Å². The summed E-state index contributed by atoms with van der Waals surface area (Å²) in [6.07, 6.45) is 0. The van der Waals surface area contributed by atoms with Gasteiger partial charge in [-0.15, -0.1) is 0 Å². The third kappa shape index (κ3) is 3.27. The molecule has 9 nitrogen and oxygen atoms in total. The van der Waals surface area contributed by atoms with E-state index < -0.39 is 38.5 Å². The number of rotatable bonds is 4. The first-order valence-corrected chi connectivity index (χ1v) is 6.50. The van der Waals surface area contributed by atoms with E-state index in [-0.39, 0.29) is 11.4 Å². The van der Waals surface area contributed by atoms with Crippen LogP contribution >= 0.6 is 0 Å². The Labute approximate surface area is 134 Å². The fourth-order valence-corrected chi connectivity index (χ4v) is 2.02. The van der Waals surface area contributed by atoms with Gasteiger partial charge in [-0.05, 0) is 19.1 Å². The first-order chi connectivity index (χ1) is 11.2. The standard InChI is InChI=1S/C14H11FN4O5/c1-7-2-3-9(6-11(7)18(21)22)17-14(20)10-4-8(15)5-12(13(10)16)19(23)24/h2-6H,16H2,1H3,(H,17,20). The van der Waals surface area contributed by atoms with Gasteiger partial charge in [0.15, 0.2) is 0 Å². The molecule has 124 valence electrons. The van der Waals surface area contributed by atoms with Gasteiger partial charge in [-0.3, -0.25) is 25.0 Å². The Kier molecular flexibility index (Phi) is 4.40. The van der Waals surface area contributed by atoms with E-state index in [4.69, 9.17) is 5.73 Å². The van der Waals surface area contributed by atoms with Gasteiger partial charge in [0.1, 0.15) is 11.5 Å². The second-order valence-electron chi connectivity index (χ2n) is 4.86. The van der Waals surface area contributed by atoms with Crippen LogP contribution in [-0.4, -0.2) is 15.8 Å². The molecule has 0 spiro atoms. The van der Waals surface area contributed by atoms with Crippen LogP contribution in [-0.2, 0) is 0 Å². The lowest BCUT2D eigenvalue weighted by Crippen LogP contribution is -2.15. The molecule has 0 fully saturated rings. The van der Waals surface area contributed by atoms with Crippen LogP contribution in [0.3, 0.4) is 0 Å². The third-order valence-corrected chi connectivity index (χ3v) is 3.23. The molecular weight excluding hydrogens is 323 g/mol. The zero-order valence-electron chi connectivity index (χ0n) is 12.3. The van der Waals surface area contributed by atoms with Gasteiger partial charge >= 0.3 is 0 Å². The molecule has 0 aliphatic carbocycles. The van der Waals surface area contributed by atoms with E-state index in [1.54, 1.807) is 0 Å². The molecule has 0 heterocycles. The van der Waals surface area contributed by atoms with Crippen molar-refractivity contribution in [3.8, 4) is 0 Å². The van der Waals surface area contributed by atoms with Gasteiger partial charge in [0.2, 0.25) is 0 Å². The first kappa shape index (κ1) is 16.8. The highest BCUT2D eigenvalue weighted by molar-refractivity contribution is 6.09. The highest BCUT2D eigenvalue weighted by atomic mass is 19.1. The number of nitrogens with one attached hydrogen (secondary N) is 1. The molecule has 2 aromatic carbocycles. The lowest BCUT2D eigenvalue weighted by molar-refractivity contribution is -0.385. The van der Waals surface area contributed by atoms with Crippen molar-refractivity contribution in [3.63, 3.8) is 0 Å². The van der Waals surface area contributed by atoms with Gasteiger partial charge in [-0.1, -0.05) is 6.07 Å². The molecule has 3 N–H and O–H groups in total. The summed E-state index contributed by atoms with van der Waals surface area (Å²) in [5.41, 5.74) is 4.10. The molecule has 24 heavy (non-hydrogen) atoms. The van der Waals surface area contributed by atoms with Gasteiger partial charge in [-0.25, -0.2) is 4.39 Å². The molecule has 0 atom stereocenters. The maximum atomic E-state index is 13.5. The molecule has 0 unspecified atom stereocenters. The minimum atomic E-state index is -1.00. The van der Waals surface area contributed by atoms with Gasteiger partial charge in [-0.2, -0.15) is 0 Å². The second kappa shape index (κ2) is 6.28. The Morgan fingerprint density at radius 1 is 1.12 bits per heavy atom. The molecule has 0 saturated carbocycles. The summed E-state index contributed by atoms with van der Waals surface area (Å²) in [6, 6.07) is 5.30. The topological polar surface area (TPSA) is 141 Å². The van der Waals surface area contributed by atoms with E-state index in [2.05, 4.69) is 5.32 Å². The van der Waals surface area contributed by atoms with E-state index in [1.165, 1.54) is 19.1 Å². The predicted octanol–water partition coefficient (Wildman–Crippen LogP) is 2.79. The Hall–Kier alpha value is -3.56. The average molecular weight is 334 g/mol. The van der Waals surface area contributed by atoms with Gasteiger partial charge in [0.05, 0.1) is 21.5 Å². The van der Waals surface area contributed by atoms with Crippen LogP contribution < -0.4 is 11.1 Å². The second-order valence-corrected chi connectivity index (χ2v) is 4.86. The van der Waals surface area contributed by atoms with Crippen molar-refractivity contribution in [3.05, 3.63) is 67.5 Å². The number of anilines is 2. The molecule has 0 aliphatic heterocycles. The summed E-state index contributed by atoms with van der Waals surface area (Å²) in [5.74, 6) is -1.93. The summed E-state index contributed by atoms with van der Waals surface area (Å²) >= 11 is 0. The van der Waals surface area contributed by atoms with Crippen LogP contribution in [0.15, 0.2) is 30.3 Å². The highest BCUT2D eigenvalue weighted by Crippen LogP contribution is 2.28. The van der Waals surface area contributed by atoms with Crippen molar-refractivity contribution in [1.29, 1.82) is 0 Å². The normalized spacial score (nSPS) is 10.2. The minimum absolute atomic E-state index is 0.0728. The number of nitrogen functional groups attached to an aromatic ring is 1.